The molecule has 0 amide bonds. The average Bonchev–Trinajstić information content (AvgIpc) is 2.46. The summed E-state index contributed by atoms with van der Waals surface area (Å²) in [6, 6.07) is 7.22. The topological polar surface area (TPSA) is 3.24 Å². The summed E-state index contributed by atoms with van der Waals surface area (Å²) < 4.78 is 0. The summed E-state index contributed by atoms with van der Waals surface area (Å²) in [4.78, 5) is 2.41. The summed E-state index contributed by atoms with van der Waals surface area (Å²) >= 11 is 0. The Balaban J connectivity index is 2.49. The summed E-state index contributed by atoms with van der Waals surface area (Å²) in [7, 11) is 1.39. The van der Waals surface area contributed by atoms with Gasteiger partial charge >= 0.3 is 0 Å². The SMILES string of the molecule is Cc1ccc(C2C=C([C@@H](C)C(C)C)C([SiH](C)C)=CN2C)c(C)c1. The van der Waals surface area contributed by atoms with Crippen LogP contribution in [0.3, 0.4) is 0 Å². The number of allylic oxidation sites excluding steroid dienone is 2. The van der Waals surface area contributed by atoms with E-state index in [1.54, 1.807) is 10.8 Å². The van der Waals surface area contributed by atoms with Gasteiger partial charge in [-0.25, -0.2) is 0 Å². The summed E-state index contributed by atoms with van der Waals surface area (Å²) in [6.45, 7) is 16.4. The van der Waals surface area contributed by atoms with E-state index >= 15 is 0 Å². The molecule has 1 aromatic rings. The first kappa shape index (κ1) is 18.1. The number of hydrogen-bond acceptors (Lipinski definition) is 1. The van der Waals surface area contributed by atoms with Crippen LogP contribution in [-0.2, 0) is 0 Å². The molecule has 2 atom stereocenters. The second-order valence-corrected chi connectivity index (χ2v) is 10.8. The lowest BCUT2D eigenvalue weighted by atomic mass is 9.85. The third-order valence-electron chi connectivity index (χ3n) is 5.31. The summed E-state index contributed by atoms with van der Waals surface area (Å²) in [5.74, 6) is 1.30. The predicted octanol–water partition coefficient (Wildman–Crippen LogP) is 5.42. The smallest absolute Gasteiger partial charge is 0.0726 e. The molecular formula is C21H33NSi. The third-order valence-corrected chi connectivity index (χ3v) is 7.04. The lowest BCUT2D eigenvalue weighted by molar-refractivity contribution is 0.374. The molecule has 0 aliphatic carbocycles. The van der Waals surface area contributed by atoms with E-state index < -0.39 is 8.80 Å². The molecule has 1 aliphatic rings. The van der Waals surface area contributed by atoms with E-state index in [0.29, 0.717) is 17.9 Å². The molecule has 2 rings (SSSR count). The Labute approximate surface area is 144 Å². The molecule has 1 aromatic carbocycles. The van der Waals surface area contributed by atoms with Gasteiger partial charge in [0.2, 0.25) is 0 Å². The van der Waals surface area contributed by atoms with Crippen LogP contribution in [0, 0.1) is 25.7 Å². The minimum absolute atomic E-state index is 0.364. The van der Waals surface area contributed by atoms with Gasteiger partial charge in [0.25, 0.3) is 0 Å². The Morgan fingerprint density at radius 2 is 1.74 bits per heavy atom. The molecule has 1 aliphatic heterocycles. The van der Waals surface area contributed by atoms with Crippen LogP contribution in [0.5, 0.6) is 0 Å². The second-order valence-electron chi connectivity index (χ2n) is 7.86. The fourth-order valence-electron chi connectivity index (χ4n) is 3.48. The van der Waals surface area contributed by atoms with Crippen LogP contribution in [-0.4, -0.2) is 20.7 Å². The molecule has 0 saturated heterocycles. The van der Waals surface area contributed by atoms with Crippen molar-refractivity contribution in [2.45, 2.75) is 53.8 Å². The molecule has 0 bridgehead atoms. The standard InChI is InChI=1S/C21H33NSi/c1-14(2)17(5)19-12-20(22(6)13-21(19)23(7)8)18-10-9-15(3)11-16(18)4/h9-14,17,20,23H,1-8H3/t17-,20?/m0/s1. The van der Waals surface area contributed by atoms with E-state index in [1.165, 1.54) is 16.7 Å². The van der Waals surface area contributed by atoms with Gasteiger partial charge in [-0.1, -0.05) is 63.7 Å². The van der Waals surface area contributed by atoms with Crippen molar-refractivity contribution in [3.05, 3.63) is 57.9 Å². The molecule has 0 N–H and O–H groups in total. The maximum absolute atomic E-state index is 2.55. The van der Waals surface area contributed by atoms with E-state index in [-0.39, 0.29) is 0 Å². The van der Waals surface area contributed by atoms with E-state index in [4.69, 9.17) is 0 Å². The molecule has 1 heterocycles. The van der Waals surface area contributed by atoms with Crippen molar-refractivity contribution in [1.29, 1.82) is 0 Å². The predicted molar refractivity (Wildman–Crippen MR) is 105 cm³/mol. The Morgan fingerprint density at radius 3 is 2.26 bits per heavy atom. The van der Waals surface area contributed by atoms with Gasteiger partial charge in [-0.2, -0.15) is 0 Å². The fraction of sp³-hybridized carbons (Fsp3) is 0.524. The first-order chi connectivity index (χ1) is 10.7. The van der Waals surface area contributed by atoms with Crippen molar-refractivity contribution in [1.82, 2.24) is 4.90 Å². The zero-order valence-corrected chi connectivity index (χ0v) is 17.3. The minimum atomic E-state index is -0.836. The average molecular weight is 328 g/mol. The van der Waals surface area contributed by atoms with Crippen LogP contribution < -0.4 is 0 Å². The van der Waals surface area contributed by atoms with Crippen molar-refractivity contribution < 1.29 is 0 Å². The number of hydrogen-bond donors (Lipinski definition) is 0. The molecule has 0 fully saturated rings. The van der Waals surface area contributed by atoms with Gasteiger partial charge in [0, 0.05) is 7.05 Å². The highest BCUT2D eigenvalue weighted by atomic mass is 28.3. The monoisotopic (exact) mass is 327 g/mol. The summed E-state index contributed by atoms with van der Waals surface area (Å²) in [6.07, 6.45) is 4.99. The van der Waals surface area contributed by atoms with E-state index in [9.17, 15) is 0 Å². The Bertz CT molecular complexity index is 625. The third kappa shape index (κ3) is 3.80. The van der Waals surface area contributed by atoms with Crippen LogP contribution in [0.1, 0.15) is 43.5 Å². The van der Waals surface area contributed by atoms with Crippen molar-refractivity contribution in [2.75, 3.05) is 7.05 Å². The van der Waals surface area contributed by atoms with E-state index in [1.807, 2.05) is 0 Å². The second kappa shape index (κ2) is 7.08. The highest BCUT2D eigenvalue weighted by Crippen LogP contribution is 2.37. The number of rotatable bonds is 4. The summed E-state index contributed by atoms with van der Waals surface area (Å²) in [5.41, 5.74) is 5.78. The lowest BCUT2D eigenvalue weighted by Gasteiger charge is -2.36. The number of nitrogens with zero attached hydrogens (tertiary/aromatic N) is 1. The van der Waals surface area contributed by atoms with Gasteiger partial charge in [0.05, 0.1) is 14.8 Å². The van der Waals surface area contributed by atoms with Gasteiger partial charge < -0.3 is 4.90 Å². The van der Waals surface area contributed by atoms with Crippen LogP contribution in [0.2, 0.25) is 13.1 Å². The quantitative estimate of drug-likeness (QED) is 0.668. The maximum Gasteiger partial charge on any atom is 0.0726 e. The highest BCUT2D eigenvalue weighted by Gasteiger charge is 2.27. The first-order valence-corrected chi connectivity index (χ1v) is 11.8. The zero-order valence-electron chi connectivity index (χ0n) is 16.1. The van der Waals surface area contributed by atoms with Crippen molar-refractivity contribution in [3.8, 4) is 0 Å². The Hall–Kier alpha value is -1.28. The van der Waals surface area contributed by atoms with Crippen molar-refractivity contribution in [2.24, 2.45) is 11.8 Å². The van der Waals surface area contributed by atoms with Crippen molar-refractivity contribution in [3.63, 3.8) is 0 Å². The van der Waals surface area contributed by atoms with Crippen LogP contribution in [0.4, 0.5) is 0 Å². The molecule has 126 valence electrons. The van der Waals surface area contributed by atoms with E-state index in [0.717, 1.165) is 0 Å². The van der Waals surface area contributed by atoms with Crippen molar-refractivity contribution >= 4 is 8.80 Å². The van der Waals surface area contributed by atoms with Gasteiger partial charge in [-0.3, -0.25) is 0 Å². The summed E-state index contributed by atoms with van der Waals surface area (Å²) in [5, 5.41) is 1.63. The molecule has 1 nitrogen and oxygen atoms in total. The van der Waals surface area contributed by atoms with Crippen LogP contribution >= 0.6 is 0 Å². The number of likely N-dealkylation sites (N-methyl/N-ethyl adjacent to an activating group) is 1. The molecule has 0 radical (unpaired) electrons. The first-order valence-electron chi connectivity index (χ1n) is 8.95. The van der Waals surface area contributed by atoms with Gasteiger partial charge in [0.1, 0.15) is 0 Å². The number of benzene rings is 1. The number of aryl methyl sites for hydroxylation is 2. The fourth-order valence-corrected chi connectivity index (χ4v) is 5.04. The van der Waals surface area contributed by atoms with Gasteiger partial charge in [-0.05, 0) is 53.8 Å². The van der Waals surface area contributed by atoms with Crippen LogP contribution in [0.25, 0.3) is 0 Å². The van der Waals surface area contributed by atoms with Gasteiger partial charge in [-0.15, -0.1) is 0 Å². The van der Waals surface area contributed by atoms with E-state index in [2.05, 4.69) is 90.1 Å². The zero-order chi connectivity index (χ0) is 17.3. The molecule has 0 spiro atoms. The minimum Gasteiger partial charge on any atom is -0.370 e. The van der Waals surface area contributed by atoms with Gasteiger partial charge in [0.15, 0.2) is 0 Å². The van der Waals surface area contributed by atoms with Crippen LogP contribution in [0.15, 0.2) is 41.2 Å². The molecule has 0 aromatic heterocycles. The normalized spacial score (nSPS) is 19.9. The molecule has 1 unspecified atom stereocenters. The Morgan fingerprint density at radius 1 is 1.09 bits per heavy atom. The Kier molecular flexibility index (Phi) is 5.56. The molecule has 0 saturated carbocycles. The molecule has 2 heteroatoms. The lowest BCUT2D eigenvalue weighted by Crippen LogP contribution is -2.29. The molecular weight excluding hydrogens is 294 g/mol. The maximum atomic E-state index is 2.55. The highest BCUT2D eigenvalue weighted by molar-refractivity contribution is 6.65. The largest absolute Gasteiger partial charge is 0.370 e. The molecule has 23 heavy (non-hydrogen) atoms.